The van der Waals surface area contributed by atoms with E-state index in [0.717, 1.165) is 19.3 Å². The van der Waals surface area contributed by atoms with Crippen LogP contribution in [0, 0.1) is 0 Å². The third-order valence-corrected chi connectivity index (χ3v) is 4.09. The van der Waals surface area contributed by atoms with Crippen LogP contribution >= 0.6 is 0 Å². The number of hydrogen-bond acceptors (Lipinski definition) is 3. The number of benzene rings is 1. The number of methoxy groups -OCH3 is 1. The first-order chi connectivity index (χ1) is 11.3. The summed E-state index contributed by atoms with van der Waals surface area (Å²) in [4.78, 5) is 12.2. The Labute approximate surface area is 135 Å². The Bertz CT molecular complexity index is 668. The molecule has 1 heterocycles. The summed E-state index contributed by atoms with van der Waals surface area (Å²) in [6, 6.07) is 8.19. The lowest BCUT2D eigenvalue weighted by Crippen LogP contribution is -2.34. The number of hydrogen-bond donors (Lipinski definition) is 2. The van der Waals surface area contributed by atoms with Gasteiger partial charge in [0.2, 0.25) is 0 Å². The van der Waals surface area contributed by atoms with Gasteiger partial charge >= 0.3 is 6.03 Å². The van der Waals surface area contributed by atoms with E-state index in [1.165, 1.54) is 11.1 Å². The Morgan fingerprint density at radius 2 is 2.30 bits per heavy atom. The van der Waals surface area contributed by atoms with Gasteiger partial charge in [0.05, 0.1) is 31.1 Å². The van der Waals surface area contributed by atoms with Crippen LogP contribution in [0.15, 0.2) is 36.7 Å². The average Bonchev–Trinajstić information content (AvgIpc) is 3.00. The lowest BCUT2D eigenvalue weighted by molar-refractivity contribution is 0.183. The zero-order valence-electron chi connectivity index (χ0n) is 13.3. The summed E-state index contributed by atoms with van der Waals surface area (Å²) >= 11 is 0. The number of amides is 2. The molecule has 2 aromatic rings. The van der Waals surface area contributed by atoms with Gasteiger partial charge in [0, 0.05) is 13.3 Å². The van der Waals surface area contributed by atoms with Crippen molar-refractivity contribution in [3.05, 3.63) is 47.8 Å². The van der Waals surface area contributed by atoms with Crippen LogP contribution in [-0.2, 0) is 17.7 Å². The fourth-order valence-corrected chi connectivity index (χ4v) is 2.96. The van der Waals surface area contributed by atoms with Crippen LogP contribution in [0.2, 0.25) is 0 Å². The third-order valence-electron chi connectivity index (χ3n) is 4.09. The van der Waals surface area contributed by atoms with Gasteiger partial charge in [-0.2, -0.15) is 5.10 Å². The van der Waals surface area contributed by atoms with Gasteiger partial charge in [-0.25, -0.2) is 4.79 Å². The molecule has 1 aliphatic rings. The van der Waals surface area contributed by atoms with E-state index < -0.39 is 0 Å². The lowest BCUT2D eigenvalue weighted by Gasteiger charge is -2.26. The van der Waals surface area contributed by atoms with Crippen molar-refractivity contribution >= 4 is 11.7 Å². The van der Waals surface area contributed by atoms with Crippen LogP contribution in [0.4, 0.5) is 10.5 Å². The number of fused-ring (bicyclic) bond motifs is 1. The monoisotopic (exact) mass is 314 g/mol. The highest BCUT2D eigenvalue weighted by Gasteiger charge is 2.21. The van der Waals surface area contributed by atoms with Gasteiger partial charge in [-0.3, -0.25) is 4.68 Å². The molecule has 2 amide bonds. The zero-order valence-corrected chi connectivity index (χ0v) is 13.3. The van der Waals surface area contributed by atoms with Crippen molar-refractivity contribution in [1.29, 1.82) is 0 Å². The van der Waals surface area contributed by atoms with Gasteiger partial charge in [0.1, 0.15) is 0 Å². The van der Waals surface area contributed by atoms with E-state index in [0.29, 0.717) is 18.8 Å². The highest BCUT2D eigenvalue weighted by Crippen LogP contribution is 2.29. The second-order valence-electron chi connectivity index (χ2n) is 5.73. The smallest absolute Gasteiger partial charge is 0.319 e. The van der Waals surface area contributed by atoms with Crippen LogP contribution in [0.3, 0.4) is 0 Å². The number of ether oxygens (including phenoxy) is 1. The maximum absolute atomic E-state index is 12.2. The van der Waals surface area contributed by atoms with Gasteiger partial charge in [-0.15, -0.1) is 0 Å². The first-order valence-electron chi connectivity index (χ1n) is 7.93. The summed E-state index contributed by atoms with van der Waals surface area (Å²) in [5.74, 6) is 0. The average molecular weight is 314 g/mol. The van der Waals surface area contributed by atoms with E-state index in [9.17, 15) is 4.79 Å². The van der Waals surface area contributed by atoms with E-state index in [-0.39, 0.29) is 12.1 Å². The van der Waals surface area contributed by atoms with Crippen molar-refractivity contribution in [1.82, 2.24) is 15.1 Å². The summed E-state index contributed by atoms with van der Waals surface area (Å²) in [6.45, 7) is 1.25. The van der Waals surface area contributed by atoms with Gasteiger partial charge in [-0.05, 0) is 30.4 Å². The summed E-state index contributed by atoms with van der Waals surface area (Å²) < 4.78 is 6.75. The largest absolute Gasteiger partial charge is 0.383 e. The predicted molar refractivity (Wildman–Crippen MR) is 88.4 cm³/mol. The molecule has 0 aliphatic heterocycles. The summed E-state index contributed by atoms with van der Waals surface area (Å²) in [5, 5.41) is 10.1. The highest BCUT2D eigenvalue weighted by atomic mass is 16.5. The van der Waals surface area contributed by atoms with Crippen molar-refractivity contribution < 1.29 is 9.53 Å². The minimum atomic E-state index is -0.196. The van der Waals surface area contributed by atoms with E-state index in [4.69, 9.17) is 4.74 Å². The molecule has 1 atom stereocenters. The Balaban J connectivity index is 1.59. The minimum absolute atomic E-state index is 0.0727. The van der Waals surface area contributed by atoms with Crippen molar-refractivity contribution in [3.63, 3.8) is 0 Å². The van der Waals surface area contributed by atoms with Gasteiger partial charge in [0.15, 0.2) is 0 Å². The summed E-state index contributed by atoms with van der Waals surface area (Å²) in [7, 11) is 1.65. The molecule has 0 bridgehead atoms. The Kier molecular flexibility index (Phi) is 4.92. The highest BCUT2D eigenvalue weighted by molar-refractivity contribution is 5.89. The molecule has 6 nitrogen and oxygen atoms in total. The first-order valence-corrected chi connectivity index (χ1v) is 7.93. The second kappa shape index (κ2) is 7.28. The van der Waals surface area contributed by atoms with Gasteiger partial charge in [-0.1, -0.05) is 24.3 Å². The van der Waals surface area contributed by atoms with Crippen molar-refractivity contribution in [2.75, 3.05) is 19.0 Å². The molecule has 2 N–H and O–H groups in total. The molecule has 23 heavy (non-hydrogen) atoms. The topological polar surface area (TPSA) is 68.2 Å². The number of rotatable bonds is 5. The molecular weight excluding hydrogens is 292 g/mol. The molecule has 122 valence electrons. The van der Waals surface area contributed by atoms with Crippen LogP contribution < -0.4 is 10.6 Å². The maximum Gasteiger partial charge on any atom is 0.319 e. The van der Waals surface area contributed by atoms with Gasteiger partial charge < -0.3 is 15.4 Å². The summed E-state index contributed by atoms with van der Waals surface area (Å²) in [5.41, 5.74) is 3.24. The number of nitrogens with one attached hydrogen (secondary N) is 2. The quantitative estimate of drug-likeness (QED) is 0.891. The SMILES string of the molecule is COCCn1cc(NC(=O)N[C@@H]2CCCc3ccccc32)cn1. The fraction of sp³-hybridized carbons (Fsp3) is 0.412. The van der Waals surface area contributed by atoms with Crippen molar-refractivity contribution in [3.8, 4) is 0 Å². The first kappa shape index (κ1) is 15.6. The van der Waals surface area contributed by atoms with Crippen molar-refractivity contribution in [2.45, 2.75) is 31.8 Å². The Morgan fingerprint density at radius 3 is 3.17 bits per heavy atom. The number of aromatic nitrogens is 2. The van der Waals surface area contributed by atoms with Crippen LogP contribution in [0.25, 0.3) is 0 Å². The van der Waals surface area contributed by atoms with E-state index in [1.54, 1.807) is 24.2 Å². The fourth-order valence-electron chi connectivity index (χ4n) is 2.96. The van der Waals surface area contributed by atoms with Crippen LogP contribution in [0.5, 0.6) is 0 Å². The summed E-state index contributed by atoms with van der Waals surface area (Å²) in [6.07, 6.45) is 6.59. The number of carbonyl (C=O) groups is 1. The molecule has 0 unspecified atom stereocenters. The lowest BCUT2D eigenvalue weighted by atomic mass is 9.88. The van der Waals surface area contributed by atoms with E-state index >= 15 is 0 Å². The number of aryl methyl sites for hydroxylation is 1. The van der Waals surface area contributed by atoms with E-state index in [1.807, 2.05) is 6.07 Å². The second-order valence-corrected chi connectivity index (χ2v) is 5.73. The maximum atomic E-state index is 12.2. The normalized spacial score (nSPS) is 16.7. The molecular formula is C17H22N4O2. The Hall–Kier alpha value is -2.34. The molecule has 1 aliphatic carbocycles. The molecule has 1 aromatic heterocycles. The molecule has 0 saturated heterocycles. The molecule has 0 saturated carbocycles. The van der Waals surface area contributed by atoms with Crippen molar-refractivity contribution in [2.24, 2.45) is 0 Å². The molecule has 6 heteroatoms. The number of nitrogens with zero attached hydrogens (tertiary/aromatic N) is 2. The predicted octanol–water partition coefficient (Wildman–Crippen LogP) is 2.73. The number of carbonyl (C=O) groups excluding carboxylic acids is 1. The molecule has 1 aromatic carbocycles. The number of urea groups is 1. The van der Waals surface area contributed by atoms with E-state index in [2.05, 4.69) is 33.9 Å². The molecule has 3 rings (SSSR count). The van der Waals surface area contributed by atoms with Crippen LogP contribution in [-0.4, -0.2) is 29.5 Å². The minimum Gasteiger partial charge on any atom is -0.383 e. The Morgan fingerprint density at radius 1 is 1.43 bits per heavy atom. The molecule has 0 fully saturated rings. The van der Waals surface area contributed by atoms with Crippen LogP contribution in [0.1, 0.15) is 30.0 Å². The third kappa shape index (κ3) is 3.90. The van der Waals surface area contributed by atoms with Gasteiger partial charge in [0.25, 0.3) is 0 Å². The number of anilines is 1. The molecule has 0 spiro atoms. The zero-order chi connectivity index (χ0) is 16.1. The standard InChI is InChI=1S/C17H22N4O2/c1-23-10-9-21-12-14(11-18-21)19-17(22)20-16-8-4-6-13-5-2-3-7-15(13)16/h2-3,5,7,11-12,16H,4,6,8-10H2,1H3,(H2,19,20,22)/t16-/m1/s1. The molecule has 0 radical (unpaired) electrons.